The number of esters is 1. The van der Waals surface area contributed by atoms with Crippen molar-refractivity contribution < 1.29 is 23.8 Å². The average molecular weight is 318 g/mol. The van der Waals surface area contributed by atoms with Crippen LogP contribution in [0.15, 0.2) is 36.4 Å². The van der Waals surface area contributed by atoms with Crippen molar-refractivity contribution in [1.82, 2.24) is 0 Å². The second-order valence-electron chi connectivity index (χ2n) is 4.81. The molecule has 0 aliphatic heterocycles. The first-order valence-electron chi connectivity index (χ1n) is 7.33. The molecule has 1 aromatic carbocycles. The maximum Gasteiger partial charge on any atom is 0.379 e. The summed E-state index contributed by atoms with van der Waals surface area (Å²) in [5.74, 6) is -0.184. The van der Waals surface area contributed by atoms with Gasteiger partial charge in [-0.05, 0) is 31.6 Å². The number of hydrogen-bond donors (Lipinski definition) is 0. The number of allylic oxidation sites excluding steroid dienone is 2. The van der Waals surface area contributed by atoms with E-state index in [-0.39, 0.29) is 6.10 Å². The fourth-order valence-electron chi connectivity index (χ4n) is 1.65. The van der Waals surface area contributed by atoms with Crippen LogP contribution < -0.4 is 9.47 Å². The lowest BCUT2D eigenvalue weighted by molar-refractivity contribution is -0.155. The zero-order valence-corrected chi connectivity index (χ0v) is 13.9. The Labute approximate surface area is 136 Å². The smallest absolute Gasteiger partial charge is 0.379 e. The Hall–Kier alpha value is -2.56. The van der Waals surface area contributed by atoms with Crippen LogP contribution in [0.2, 0.25) is 0 Å². The molecule has 0 N–H and O–H groups in total. The third-order valence-electron chi connectivity index (χ3n) is 3.16. The van der Waals surface area contributed by atoms with Gasteiger partial charge in [0, 0.05) is 11.6 Å². The maximum absolute atomic E-state index is 11.6. The van der Waals surface area contributed by atoms with Gasteiger partial charge >= 0.3 is 5.97 Å². The Kier molecular flexibility index (Phi) is 7.60. The molecule has 0 radical (unpaired) electrons. The van der Waals surface area contributed by atoms with Gasteiger partial charge in [0.25, 0.3) is 5.78 Å². The summed E-state index contributed by atoms with van der Waals surface area (Å²) < 4.78 is 15.3. The molecular formula is C18H22O5. The van der Waals surface area contributed by atoms with Crippen LogP contribution in [-0.2, 0) is 14.3 Å². The van der Waals surface area contributed by atoms with E-state index in [0.29, 0.717) is 17.9 Å². The zero-order valence-electron chi connectivity index (χ0n) is 13.9. The summed E-state index contributed by atoms with van der Waals surface area (Å²) in [4.78, 5) is 23.0. The van der Waals surface area contributed by atoms with Crippen molar-refractivity contribution in [3.05, 3.63) is 42.0 Å². The van der Waals surface area contributed by atoms with E-state index in [0.717, 1.165) is 5.56 Å². The zero-order chi connectivity index (χ0) is 17.2. The molecule has 124 valence electrons. The highest BCUT2D eigenvalue weighted by atomic mass is 16.5. The van der Waals surface area contributed by atoms with Crippen molar-refractivity contribution in [1.29, 1.82) is 0 Å². The second kappa shape index (κ2) is 9.46. The van der Waals surface area contributed by atoms with Gasteiger partial charge in [0.05, 0.1) is 20.3 Å². The molecule has 23 heavy (non-hydrogen) atoms. The number of carbonyl (C=O) groups is 2. The Morgan fingerprint density at radius 1 is 1.17 bits per heavy atom. The molecule has 0 amide bonds. The van der Waals surface area contributed by atoms with Gasteiger partial charge in [-0.25, -0.2) is 4.79 Å². The molecule has 5 heteroatoms. The van der Waals surface area contributed by atoms with Crippen LogP contribution in [0.4, 0.5) is 0 Å². The van der Waals surface area contributed by atoms with E-state index < -0.39 is 11.8 Å². The van der Waals surface area contributed by atoms with Crippen molar-refractivity contribution >= 4 is 17.8 Å². The molecule has 0 aliphatic rings. The van der Waals surface area contributed by atoms with E-state index in [1.54, 1.807) is 45.4 Å². The summed E-state index contributed by atoms with van der Waals surface area (Å²) >= 11 is 0. The Balaban J connectivity index is 2.68. The third-order valence-corrected chi connectivity index (χ3v) is 3.16. The molecule has 0 fully saturated rings. The molecule has 1 aromatic rings. The summed E-state index contributed by atoms with van der Waals surface area (Å²) in [5, 5.41) is 0. The normalized spacial score (nSPS) is 12.3. The van der Waals surface area contributed by atoms with E-state index >= 15 is 0 Å². The first kappa shape index (κ1) is 18.5. The minimum Gasteiger partial charge on any atom is -0.497 e. The molecule has 0 bridgehead atoms. The fourth-order valence-corrected chi connectivity index (χ4v) is 1.65. The summed E-state index contributed by atoms with van der Waals surface area (Å²) in [6, 6.07) is 5.40. The van der Waals surface area contributed by atoms with E-state index in [9.17, 15) is 9.59 Å². The van der Waals surface area contributed by atoms with Gasteiger partial charge in [-0.3, -0.25) is 4.79 Å². The highest BCUT2D eigenvalue weighted by Gasteiger charge is 2.14. The van der Waals surface area contributed by atoms with Crippen LogP contribution in [-0.4, -0.2) is 32.1 Å². The van der Waals surface area contributed by atoms with Gasteiger partial charge in [-0.1, -0.05) is 25.2 Å². The highest BCUT2D eigenvalue weighted by molar-refractivity contribution is 6.38. The summed E-state index contributed by atoms with van der Waals surface area (Å²) in [7, 11) is 3.15. The molecule has 0 spiro atoms. The Morgan fingerprint density at radius 2 is 1.91 bits per heavy atom. The molecule has 0 saturated heterocycles. The van der Waals surface area contributed by atoms with Crippen LogP contribution in [0.3, 0.4) is 0 Å². The topological polar surface area (TPSA) is 61.8 Å². The first-order valence-corrected chi connectivity index (χ1v) is 7.33. The molecule has 0 aromatic heterocycles. The number of rotatable bonds is 8. The molecule has 1 atom stereocenters. The monoisotopic (exact) mass is 318 g/mol. The Bertz CT molecular complexity index is 601. The lowest BCUT2D eigenvalue weighted by Crippen LogP contribution is -2.20. The Morgan fingerprint density at radius 3 is 2.52 bits per heavy atom. The minimum absolute atomic E-state index is 0.265. The molecule has 1 unspecified atom stereocenters. The van der Waals surface area contributed by atoms with Gasteiger partial charge in [0.1, 0.15) is 11.5 Å². The molecular weight excluding hydrogens is 296 g/mol. The number of carbonyl (C=O) groups excluding carboxylic acids is 2. The van der Waals surface area contributed by atoms with Gasteiger partial charge in [-0.2, -0.15) is 0 Å². The molecule has 5 nitrogen and oxygen atoms in total. The number of ketones is 1. The summed E-state index contributed by atoms with van der Waals surface area (Å²) in [6.45, 7) is 3.62. The minimum atomic E-state index is -0.842. The first-order chi connectivity index (χ1) is 11.0. The molecule has 0 aliphatic carbocycles. The number of hydrogen-bond acceptors (Lipinski definition) is 5. The largest absolute Gasteiger partial charge is 0.497 e. The van der Waals surface area contributed by atoms with Crippen LogP contribution >= 0.6 is 0 Å². The molecule has 1 rings (SSSR count). The van der Waals surface area contributed by atoms with E-state index in [1.807, 2.05) is 13.0 Å². The van der Waals surface area contributed by atoms with E-state index in [2.05, 4.69) is 0 Å². The van der Waals surface area contributed by atoms with E-state index in [1.165, 1.54) is 12.2 Å². The summed E-state index contributed by atoms with van der Waals surface area (Å²) in [6.07, 6.45) is 6.49. The van der Waals surface area contributed by atoms with Crippen LogP contribution in [0.1, 0.15) is 25.8 Å². The predicted octanol–water partition coefficient (Wildman–Crippen LogP) is 3.18. The lowest BCUT2D eigenvalue weighted by atomic mass is 10.1. The highest BCUT2D eigenvalue weighted by Crippen LogP contribution is 2.25. The second-order valence-corrected chi connectivity index (χ2v) is 4.81. The van der Waals surface area contributed by atoms with Crippen molar-refractivity contribution in [2.24, 2.45) is 0 Å². The van der Waals surface area contributed by atoms with Gasteiger partial charge in [0.2, 0.25) is 0 Å². The fraction of sp³-hybridized carbons (Fsp3) is 0.333. The quantitative estimate of drug-likeness (QED) is 0.319. The van der Waals surface area contributed by atoms with Gasteiger partial charge in [0.15, 0.2) is 0 Å². The number of methoxy groups -OCH3 is 2. The van der Waals surface area contributed by atoms with Crippen molar-refractivity contribution in [2.75, 3.05) is 14.2 Å². The van der Waals surface area contributed by atoms with Gasteiger partial charge < -0.3 is 14.2 Å². The van der Waals surface area contributed by atoms with E-state index in [4.69, 9.17) is 14.2 Å². The average Bonchev–Trinajstić information content (AvgIpc) is 2.58. The molecule has 0 saturated carbocycles. The lowest BCUT2D eigenvalue weighted by Gasteiger charge is -2.08. The van der Waals surface area contributed by atoms with Crippen LogP contribution in [0.5, 0.6) is 11.5 Å². The van der Waals surface area contributed by atoms with Crippen LogP contribution in [0.25, 0.3) is 6.08 Å². The SMILES string of the molecule is CCC(C)OC(=O)C(=O)/C=C/C=C/c1ccc(OC)cc1OC. The number of ether oxygens (including phenoxy) is 3. The van der Waals surface area contributed by atoms with Crippen molar-refractivity contribution in [2.45, 2.75) is 26.4 Å². The maximum atomic E-state index is 11.6. The van der Waals surface area contributed by atoms with Crippen LogP contribution in [0, 0.1) is 0 Å². The standard InChI is InChI=1S/C18H22O5/c1-5-13(2)23-18(20)16(19)9-7-6-8-14-10-11-15(21-3)12-17(14)22-4/h6-13H,5H2,1-4H3/b8-6+,9-7+. The van der Waals surface area contributed by atoms with Gasteiger partial charge in [-0.15, -0.1) is 0 Å². The molecule has 0 heterocycles. The third kappa shape index (κ3) is 5.98. The van der Waals surface area contributed by atoms with Crippen molar-refractivity contribution in [3.63, 3.8) is 0 Å². The van der Waals surface area contributed by atoms with Crippen molar-refractivity contribution in [3.8, 4) is 11.5 Å². The summed E-state index contributed by atoms with van der Waals surface area (Å²) in [5.41, 5.74) is 0.826. The predicted molar refractivity (Wildman–Crippen MR) is 88.6 cm³/mol. The number of benzene rings is 1.